The molecule has 0 saturated carbocycles. The third-order valence-electron chi connectivity index (χ3n) is 2.83. The van der Waals surface area contributed by atoms with Crippen LogP contribution in [-0.4, -0.2) is 27.2 Å². The second-order valence-corrected chi connectivity index (χ2v) is 5.18. The van der Waals surface area contributed by atoms with Gasteiger partial charge in [-0.2, -0.15) is 4.57 Å². The number of pyridine rings is 1. The summed E-state index contributed by atoms with van der Waals surface area (Å²) in [7, 11) is 0.159. The van der Waals surface area contributed by atoms with E-state index >= 15 is 0 Å². The molecule has 7 heteroatoms. The molecular formula is C13H17NO5S. The first kappa shape index (κ1) is 16.4. The summed E-state index contributed by atoms with van der Waals surface area (Å²) >= 11 is 0. The number of hydrogen-bond acceptors (Lipinski definition) is 5. The topological polar surface area (TPSA) is 79.5 Å². The number of fused-ring (bicyclic) bond motifs is 1. The van der Waals surface area contributed by atoms with Crippen molar-refractivity contribution in [3.05, 3.63) is 36.0 Å². The number of aromatic nitrogens is 1. The molecule has 1 aromatic heterocycles. The van der Waals surface area contributed by atoms with Crippen LogP contribution in [-0.2, 0) is 21.6 Å². The summed E-state index contributed by atoms with van der Waals surface area (Å²) in [5, 5.41) is 1.21. The maximum atomic E-state index is 9.22. The van der Waals surface area contributed by atoms with Crippen LogP contribution in [0.15, 0.2) is 30.3 Å². The molecule has 0 saturated heterocycles. The molecule has 0 aliphatic rings. The molecule has 0 N–H and O–H groups in total. The van der Waals surface area contributed by atoms with Crippen LogP contribution < -0.4 is 9.30 Å². The molecule has 0 bridgehead atoms. The number of hydrogen-bond donors (Lipinski definition) is 0. The maximum Gasteiger partial charge on any atom is 0.217 e. The first-order chi connectivity index (χ1) is 9.28. The molecule has 2 aromatic rings. The summed E-state index contributed by atoms with van der Waals surface area (Å²) in [6, 6.07) is 10.4. The molecule has 1 heterocycles. The van der Waals surface area contributed by atoms with Gasteiger partial charge in [0.25, 0.3) is 0 Å². The van der Waals surface area contributed by atoms with Gasteiger partial charge in [-0.15, -0.1) is 0 Å². The minimum Gasteiger partial charge on any atom is -0.726 e. The average molecular weight is 299 g/mol. The molecule has 0 unspecified atom stereocenters. The molecule has 0 aliphatic heterocycles. The van der Waals surface area contributed by atoms with Gasteiger partial charge in [-0.1, -0.05) is 0 Å². The van der Waals surface area contributed by atoms with Gasteiger partial charge in [0.05, 0.1) is 19.6 Å². The minimum atomic E-state index is -4.41. The minimum absolute atomic E-state index is 0.808. The Hall–Kier alpha value is -1.70. The van der Waals surface area contributed by atoms with Crippen molar-refractivity contribution in [2.75, 3.05) is 14.2 Å². The van der Waals surface area contributed by atoms with Crippen molar-refractivity contribution in [3.63, 3.8) is 0 Å². The van der Waals surface area contributed by atoms with E-state index in [1.165, 1.54) is 16.6 Å². The quantitative estimate of drug-likeness (QED) is 0.471. The van der Waals surface area contributed by atoms with Gasteiger partial charge in [0.1, 0.15) is 12.8 Å². The van der Waals surface area contributed by atoms with Gasteiger partial charge in [0, 0.05) is 19.1 Å². The first-order valence-electron chi connectivity index (χ1n) is 5.73. The van der Waals surface area contributed by atoms with Crippen LogP contribution in [0.3, 0.4) is 0 Å². The zero-order valence-corrected chi connectivity index (χ0v) is 12.6. The molecule has 0 fully saturated rings. The Labute approximate surface area is 118 Å². The van der Waals surface area contributed by atoms with Crippen LogP contribution in [0.25, 0.3) is 10.9 Å². The lowest BCUT2D eigenvalue weighted by Gasteiger charge is -2.02. The van der Waals surface area contributed by atoms with Crippen LogP contribution in [0.1, 0.15) is 5.69 Å². The summed E-state index contributed by atoms with van der Waals surface area (Å²) < 4.78 is 38.4. The number of aryl methyl sites for hydroxylation is 2. The highest BCUT2D eigenvalue weighted by Gasteiger charge is 2.07. The van der Waals surface area contributed by atoms with Crippen molar-refractivity contribution in [2.24, 2.45) is 7.05 Å². The van der Waals surface area contributed by atoms with Gasteiger partial charge < -0.3 is 9.29 Å². The van der Waals surface area contributed by atoms with E-state index in [2.05, 4.69) is 47.0 Å². The fourth-order valence-corrected chi connectivity index (χ4v) is 1.61. The van der Waals surface area contributed by atoms with E-state index in [4.69, 9.17) is 4.74 Å². The van der Waals surface area contributed by atoms with Crippen LogP contribution >= 0.6 is 0 Å². The number of nitrogens with zero attached hydrogens (tertiary/aromatic N) is 1. The second-order valence-electron chi connectivity index (χ2n) is 4.03. The largest absolute Gasteiger partial charge is 0.726 e. The zero-order valence-electron chi connectivity index (χ0n) is 11.8. The molecule has 0 radical (unpaired) electrons. The smallest absolute Gasteiger partial charge is 0.217 e. The molecule has 0 aliphatic carbocycles. The Morgan fingerprint density at radius 1 is 1.15 bits per heavy atom. The highest BCUT2D eigenvalue weighted by atomic mass is 32.3. The third kappa shape index (κ3) is 4.44. The van der Waals surface area contributed by atoms with Crippen molar-refractivity contribution in [3.8, 4) is 5.75 Å². The highest BCUT2D eigenvalue weighted by molar-refractivity contribution is 7.80. The monoisotopic (exact) mass is 299 g/mol. The van der Waals surface area contributed by atoms with E-state index in [0.717, 1.165) is 12.9 Å². The Kier molecular flexibility index (Phi) is 5.43. The molecule has 0 atom stereocenters. The van der Waals surface area contributed by atoms with Crippen molar-refractivity contribution < 1.29 is 26.5 Å². The molecule has 2 rings (SSSR count). The standard InChI is InChI=1S/C12H14NO.CH4O4S/c1-9-4-5-10-8-11(14-3)6-7-12(10)13(9)2;1-5-6(2,3)4/h4-8H,1-3H3;1H3,(H,2,3,4)/q+1;/p-1. The van der Waals surface area contributed by atoms with Gasteiger partial charge in [0.2, 0.25) is 15.9 Å². The molecular weight excluding hydrogens is 282 g/mol. The Balaban J connectivity index is 0.000000286. The lowest BCUT2D eigenvalue weighted by molar-refractivity contribution is -0.651. The van der Waals surface area contributed by atoms with E-state index in [9.17, 15) is 13.0 Å². The molecule has 0 spiro atoms. The Bertz CT molecular complexity index is 697. The highest BCUT2D eigenvalue weighted by Crippen LogP contribution is 2.18. The Morgan fingerprint density at radius 2 is 1.75 bits per heavy atom. The van der Waals surface area contributed by atoms with Gasteiger partial charge in [-0.05, 0) is 18.2 Å². The number of methoxy groups -OCH3 is 1. The third-order valence-corrected chi connectivity index (χ3v) is 3.24. The SMILES string of the molecule is COS(=O)(=O)[O-].COc1ccc2c(ccc(C)[n+]2C)c1. The van der Waals surface area contributed by atoms with E-state index < -0.39 is 10.4 Å². The van der Waals surface area contributed by atoms with Crippen molar-refractivity contribution in [1.29, 1.82) is 0 Å². The molecule has 6 nitrogen and oxygen atoms in total. The van der Waals surface area contributed by atoms with Crippen molar-refractivity contribution in [1.82, 2.24) is 0 Å². The average Bonchev–Trinajstić information content (AvgIpc) is 2.42. The Morgan fingerprint density at radius 3 is 2.25 bits per heavy atom. The lowest BCUT2D eigenvalue weighted by Crippen LogP contribution is -2.32. The van der Waals surface area contributed by atoms with Gasteiger partial charge in [-0.3, -0.25) is 4.18 Å². The number of rotatable bonds is 2. The summed E-state index contributed by atoms with van der Waals surface area (Å²) in [6.07, 6.45) is 0. The molecule has 20 heavy (non-hydrogen) atoms. The summed E-state index contributed by atoms with van der Waals surface area (Å²) in [4.78, 5) is 0. The van der Waals surface area contributed by atoms with E-state index in [1.807, 2.05) is 6.07 Å². The van der Waals surface area contributed by atoms with Crippen LogP contribution in [0.4, 0.5) is 0 Å². The zero-order chi connectivity index (χ0) is 15.3. The summed E-state index contributed by atoms with van der Waals surface area (Å²) in [6.45, 7) is 2.10. The van der Waals surface area contributed by atoms with Crippen molar-refractivity contribution >= 4 is 21.3 Å². The van der Waals surface area contributed by atoms with E-state index in [1.54, 1.807) is 7.11 Å². The molecule has 0 amide bonds. The molecule has 110 valence electrons. The maximum absolute atomic E-state index is 9.22. The second kappa shape index (κ2) is 6.65. The summed E-state index contributed by atoms with van der Waals surface area (Å²) in [5.41, 5.74) is 2.48. The lowest BCUT2D eigenvalue weighted by atomic mass is 10.2. The molecule has 1 aromatic carbocycles. The number of ether oxygens (including phenoxy) is 1. The predicted octanol–water partition coefficient (Wildman–Crippen LogP) is 1.07. The first-order valence-corrected chi connectivity index (χ1v) is 7.06. The fraction of sp³-hybridized carbons (Fsp3) is 0.308. The van der Waals surface area contributed by atoms with Crippen LogP contribution in [0.2, 0.25) is 0 Å². The number of benzene rings is 1. The normalized spacial score (nSPS) is 10.8. The van der Waals surface area contributed by atoms with E-state index in [0.29, 0.717) is 0 Å². The van der Waals surface area contributed by atoms with Gasteiger partial charge in [0.15, 0.2) is 5.69 Å². The fourth-order valence-electron chi connectivity index (χ4n) is 1.61. The van der Waals surface area contributed by atoms with Gasteiger partial charge in [-0.25, -0.2) is 8.42 Å². The van der Waals surface area contributed by atoms with Crippen molar-refractivity contribution in [2.45, 2.75) is 6.92 Å². The van der Waals surface area contributed by atoms with Crippen LogP contribution in [0.5, 0.6) is 5.75 Å². The van der Waals surface area contributed by atoms with E-state index in [-0.39, 0.29) is 0 Å². The van der Waals surface area contributed by atoms with Gasteiger partial charge >= 0.3 is 0 Å². The van der Waals surface area contributed by atoms with Crippen LogP contribution in [0, 0.1) is 6.92 Å². The summed E-state index contributed by atoms with van der Waals surface area (Å²) in [5.74, 6) is 0.904. The predicted molar refractivity (Wildman–Crippen MR) is 73.1 cm³/mol.